The minimum absolute atomic E-state index is 0.0337. The van der Waals surface area contributed by atoms with Crippen LogP contribution in [0.1, 0.15) is 19.8 Å². The third kappa shape index (κ3) is 3.01. The second-order valence-corrected chi connectivity index (χ2v) is 6.09. The lowest BCUT2D eigenvalue weighted by Gasteiger charge is -2.17. The quantitative estimate of drug-likeness (QED) is 0.661. The first-order valence-electron chi connectivity index (χ1n) is 7.46. The summed E-state index contributed by atoms with van der Waals surface area (Å²) in [5, 5.41) is 8.96. The Morgan fingerprint density at radius 2 is 2.14 bits per heavy atom. The predicted molar refractivity (Wildman–Crippen MR) is 87.2 cm³/mol. The third-order valence-electron chi connectivity index (χ3n) is 3.74. The summed E-state index contributed by atoms with van der Waals surface area (Å²) in [5.41, 5.74) is 0.839. The minimum Gasteiger partial charge on any atom is -0.356 e. The van der Waals surface area contributed by atoms with Crippen molar-refractivity contribution < 1.29 is 4.79 Å². The number of fused-ring (bicyclic) bond motifs is 1. The number of anilines is 1. The lowest BCUT2D eigenvalue weighted by molar-refractivity contribution is -0.118. The number of carbonyl (C=O) groups is 1. The SMILES string of the molecule is CSc1nc(N2CCCC2)c2cnn(CCNC(C)=O)c2n1. The maximum absolute atomic E-state index is 11.0. The molecule has 7 nitrogen and oxygen atoms in total. The maximum atomic E-state index is 11.0. The molecule has 3 heterocycles. The third-order valence-corrected chi connectivity index (χ3v) is 4.29. The van der Waals surface area contributed by atoms with Crippen LogP contribution in [0.2, 0.25) is 0 Å². The Kier molecular flexibility index (Phi) is 4.47. The number of hydrogen-bond donors (Lipinski definition) is 1. The molecule has 1 saturated heterocycles. The molecule has 1 amide bonds. The molecule has 1 N–H and O–H groups in total. The molecule has 0 saturated carbocycles. The molecular weight excluding hydrogens is 300 g/mol. The number of aromatic nitrogens is 4. The summed E-state index contributed by atoms with van der Waals surface area (Å²) in [4.78, 5) is 22.6. The lowest BCUT2D eigenvalue weighted by Crippen LogP contribution is -2.25. The molecule has 2 aromatic heterocycles. The van der Waals surface area contributed by atoms with E-state index in [0.29, 0.717) is 13.1 Å². The molecule has 0 spiro atoms. The van der Waals surface area contributed by atoms with Gasteiger partial charge in [0.05, 0.1) is 18.1 Å². The molecule has 3 rings (SSSR count). The van der Waals surface area contributed by atoms with Gasteiger partial charge in [-0.15, -0.1) is 0 Å². The second-order valence-electron chi connectivity index (χ2n) is 5.32. The Morgan fingerprint density at radius 1 is 1.36 bits per heavy atom. The van der Waals surface area contributed by atoms with Crippen molar-refractivity contribution in [3.63, 3.8) is 0 Å². The number of carbonyl (C=O) groups excluding carboxylic acids is 1. The monoisotopic (exact) mass is 320 g/mol. The number of nitrogens with one attached hydrogen (secondary N) is 1. The Bertz CT molecular complexity index is 679. The number of amides is 1. The molecular formula is C14H20N6OS. The molecule has 0 aliphatic carbocycles. The summed E-state index contributed by atoms with van der Waals surface area (Å²) >= 11 is 1.54. The van der Waals surface area contributed by atoms with E-state index in [9.17, 15) is 4.79 Å². The van der Waals surface area contributed by atoms with Crippen LogP contribution in [-0.4, -0.2) is 51.5 Å². The zero-order valence-electron chi connectivity index (χ0n) is 12.9. The molecule has 118 valence electrons. The van der Waals surface area contributed by atoms with E-state index in [0.717, 1.165) is 35.1 Å². The highest BCUT2D eigenvalue weighted by atomic mass is 32.2. The largest absolute Gasteiger partial charge is 0.356 e. The van der Waals surface area contributed by atoms with E-state index < -0.39 is 0 Å². The smallest absolute Gasteiger partial charge is 0.216 e. The van der Waals surface area contributed by atoms with Gasteiger partial charge in [-0.1, -0.05) is 11.8 Å². The van der Waals surface area contributed by atoms with Gasteiger partial charge >= 0.3 is 0 Å². The van der Waals surface area contributed by atoms with Crippen LogP contribution in [0.5, 0.6) is 0 Å². The van der Waals surface area contributed by atoms with Crippen molar-refractivity contribution in [3.05, 3.63) is 6.20 Å². The molecule has 0 unspecified atom stereocenters. The van der Waals surface area contributed by atoms with E-state index in [2.05, 4.69) is 25.3 Å². The van der Waals surface area contributed by atoms with E-state index >= 15 is 0 Å². The number of thioether (sulfide) groups is 1. The Morgan fingerprint density at radius 3 is 2.82 bits per heavy atom. The topological polar surface area (TPSA) is 75.9 Å². The van der Waals surface area contributed by atoms with Crippen LogP contribution in [0.25, 0.3) is 11.0 Å². The highest BCUT2D eigenvalue weighted by Gasteiger charge is 2.20. The van der Waals surface area contributed by atoms with Crippen LogP contribution < -0.4 is 10.2 Å². The van der Waals surface area contributed by atoms with Gasteiger partial charge in [0.15, 0.2) is 10.8 Å². The van der Waals surface area contributed by atoms with E-state index in [4.69, 9.17) is 0 Å². The van der Waals surface area contributed by atoms with Crippen molar-refractivity contribution >= 4 is 34.5 Å². The Labute approximate surface area is 133 Å². The first-order chi connectivity index (χ1) is 10.7. The van der Waals surface area contributed by atoms with Gasteiger partial charge < -0.3 is 10.2 Å². The van der Waals surface area contributed by atoms with Crippen molar-refractivity contribution in [2.75, 3.05) is 30.8 Å². The van der Waals surface area contributed by atoms with Gasteiger partial charge in [0.25, 0.3) is 0 Å². The summed E-state index contributed by atoms with van der Waals surface area (Å²) in [6.45, 7) is 4.74. The summed E-state index contributed by atoms with van der Waals surface area (Å²) < 4.78 is 1.84. The number of nitrogens with zero attached hydrogens (tertiary/aromatic N) is 5. The van der Waals surface area contributed by atoms with Crippen LogP contribution in [0.4, 0.5) is 5.82 Å². The molecule has 0 radical (unpaired) electrons. The fraction of sp³-hybridized carbons (Fsp3) is 0.571. The van der Waals surface area contributed by atoms with Gasteiger partial charge in [-0.3, -0.25) is 4.79 Å². The minimum atomic E-state index is -0.0337. The molecule has 8 heteroatoms. The standard InChI is InChI=1S/C14H20N6OS/c1-10(21)15-5-8-20-13-11(9-16-20)12(17-14(18-13)22-2)19-6-3-4-7-19/h9H,3-8H2,1-2H3,(H,15,21). The average molecular weight is 320 g/mol. The van der Waals surface area contributed by atoms with Crippen molar-refractivity contribution in [1.82, 2.24) is 25.1 Å². The zero-order chi connectivity index (χ0) is 15.5. The van der Waals surface area contributed by atoms with Crippen LogP contribution in [0.3, 0.4) is 0 Å². The summed E-state index contributed by atoms with van der Waals surface area (Å²) in [5.74, 6) is 0.950. The van der Waals surface area contributed by atoms with Crippen LogP contribution >= 0.6 is 11.8 Å². The van der Waals surface area contributed by atoms with Gasteiger partial charge in [0, 0.05) is 26.6 Å². The summed E-state index contributed by atoms with van der Waals surface area (Å²) in [6.07, 6.45) is 6.22. The van der Waals surface area contributed by atoms with E-state index in [-0.39, 0.29) is 5.91 Å². The highest BCUT2D eigenvalue weighted by Crippen LogP contribution is 2.28. The Balaban J connectivity index is 1.94. The molecule has 1 fully saturated rings. The predicted octanol–water partition coefficient (Wildman–Crippen LogP) is 1.28. The van der Waals surface area contributed by atoms with Crippen LogP contribution in [0, 0.1) is 0 Å². The van der Waals surface area contributed by atoms with Gasteiger partial charge in [0.1, 0.15) is 5.82 Å². The fourth-order valence-electron chi connectivity index (χ4n) is 2.68. The average Bonchev–Trinajstić information content (AvgIpc) is 3.15. The normalized spacial score (nSPS) is 14.7. The first kappa shape index (κ1) is 15.1. The van der Waals surface area contributed by atoms with Gasteiger partial charge in [-0.25, -0.2) is 14.6 Å². The summed E-state index contributed by atoms with van der Waals surface area (Å²) in [6, 6.07) is 0. The van der Waals surface area contributed by atoms with Gasteiger partial charge in [-0.05, 0) is 19.1 Å². The Hall–Kier alpha value is -1.83. The number of rotatable bonds is 5. The first-order valence-corrected chi connectivity index (χ1v) is 8.68. The lowest BCUT2D eigenvalue weighted by atomic mass is 10.3. The van der Waals surface area contributed by atoms with E-state index in [1.807, 2.05) is 17.1 Å². The maximum Gasteiger partial charge on any atom is 0.216 e. The molecule has 1 aliphatic rings. The van der Waals surface area contributed by atoms with Crippen molar-refractivity contribution in [1.29, 1.82) is 0 Å². The van der Waals surface area contributed by atoms with Crippen molar-refractivity contribution in [3.8, 4) is 0 Å². The van der Waals surface area contributed by atoms with E-state index in [1.165, 1.54) is 31.5 Å². The molecule has 0 atom stereocenters. The molecule has 0 aromatic carbocycles. The second kappa shape index (κ2) is 6.51. The van der Waals surface area contributed by atoms with Crippen LogP contribution in [-0.2, 0) is 11.3 Å². The number of hydrogen-bond acceptors (Lipinski definition) is 6. The van der Waals surface area contributed by atoms with Gasteiger partial charge in [0.2, 0.25) is 5.91 Å². The highest BCUT2D eigenvalue weighted by molar-refractivity contribution is 7.98. The fourth-order valence-corrected chi connectivity index (χ4v) is 3.04. The zero-order valence-corrected chi connectivity index (χ0v) is 13.7. The molecule has 0 bridgehead atoms. The molecule has 2 aromatic rings. The van der Waals surface area contributed by atoms with Gasteiger partial charge in [-0.2, -0.15) is 5.10 Å². The molecule has 22 heavy (non-hydrogen) atoms. The van der Waals surface area contributed by atoms with Crippen molar-refractivity contribution in [2.24, 2.45) is 0 Å². The van der Waals surface area contributed by atoms with Crippen molar-refractivity contribution in [2.45, 2.75) is 31.5 Å². The van der Waals surface area contributed by atoms with Crippen LogP contribution in [0.15, 0.2) is 11.4 Å². The molecule has 1 aliphatic heterocycles. The summed E-state index contributed by atoms with van der Waals surface area (Å²) in [7, 11) is 0. The van der Waals surface area contributed by atoms with E-state index in [1.54, 1.807) is 0 Å².